The summed E-state index contributed by atoms with van der Waals surface area (Å²) < 4.78 is 7.06. The van der Waals surface area contributed by atoms with Gasteiger partial charge in [-0.2, -0.15) is 0 Å². The first kappa shape index (κ1) is 18.8. The lowest BCUT2D eigenvalue weighted by molar-refractivity contribution is -0.113. The topological polar surface area (TPSA) is 64.1 Å². The molecule has 5 nitrogen and oxygen atoms in total. The zero-order valence-corrected chi connectivity index (χ0v) is 16.0. The van der Waals surface area contributed by atoms with Gasteiger partial charge in [-0.05, 0) is 38.1 Å². The average Bonchev–Trinajstić information content (AvgIpc) is 3.01. The van der Waals surface area contributed by atoms with Crippen molar-refractivity contribution in [2.45, 2.75) is 22.5 Å². The molecule has 1 aromatic heterocycles. The maximum Gasteiger partial charge on any atom is 0.234 e. The summed E-state index contributed by atoms with van der Waals surface area (Å²) in [6, 6.07) is 7.32. The van der Waals surface area contributed by atoms with E-state index in [1.54, 1.807) is 11.8 Å². The Morgan fingerprint density at radius 3 is 2.42 bits per heavy atom. The van der Waals surface area contributed by atoms with Crippen molar-refractivity contribution >= 4 is 46.5 Å². The summed E-state index contributed by atoms with van der Waals surface area (Å²) in [5, 5.41) is 11.0. The van der Waals surface area contributed by atoms with Crippen LogP contribution in [0.2, 0.25) is 0 Å². The molecule has 2 aromatic rings. The molecule has 0 radical (unpaired) electrons. The smallest absolute Gasteiger partial charge is 0.234 e. The molecule has 0 atom stereocenters. The van der Waals surface area contributed by atoms with Gasteiger partial charge in [-0.3, -0.25) is 4.79 Å². The quantitative estimate of drug-likeness (QED) is 0.515. The molecule has 1 N–H and O–H groups in total. The first-order chi connectivity index (χ1) is 11.6. The Morgan fingerprint density at radius 2 is 1.83 bits per heavy atom. The molecule has 2 rings (SSSR count). The van der Waals surface area contributed by atoms with Gasteiger partial charge in [0.1, 0.15) is 5.75 Å². The van der Waals surface area contributed by atoms with Crippen molar-refractivity contribution < 1.29 is 9.53 Å². The molecule has 0 unspecified atom stereocenters. The van der Waals surface area contributed by atoms with Gasteiger partial charge in [0.15, 0.2) is 8.68 Å². The number of ether oxygens (including phenoxy) is 1. The fourth-order valence-electron chi connectivity index (χ4n) is 1.62. The van der Waals surface area contributed by atoms with E-state index in [2.05, 4.69) is 22.1 Å². The molecule has 0 aliphatic rings. The molecule has 0 spiro atoms. The van der Waals surface area contributed by atoms with Gasteiger partial charge < -0.3 is 10.1 Å². The normalized spacial score (nSPS) is 10.4. The molecule has 0 aliphatic carbocycles. The number of hydrogen-bond acceptors (Lipinski definition) is 7. The van der Waals surface area contributed by atoms with Crippen molar-refractivity contribution in [2.75, 3.05) is 23.4 Å². The summed E-state index contributed by atoms with van der Waals surface area (Å²) in [7, 11) is 0. The number of aromatic nitrogens is 2. The zero-order valence-electron chi connectivity index (χ0n) is 13.6. The van der Waals surface area contributed by atoms with Gasteiger partial charge in [-0.1, -0.05) is 47.0 Å². The highest BCUT2D eigenvalue weighted by Crippen LogP contribution is 2.29. The van der Waals surface area contributed by atoms with Crippen LogP contribution in [-0.2, 0) is 4.79 Å². The van der Waals surface area contributed by atoms with E-state index in [0.29, 0.717) is 12.4 Å². The summed E-state index contributed by atoms with van der Waals surface area (Å²) in [6.07, 6.45) is 0. The molecule has 0 fully saturated rings. The van der Waals surface area contributed by atoms with Crippen molar-refractivity contribution in [3.8, 4) is 5.75 Å². The van der Waals surface area contributed by atoms with Gasteiger partial charge in [0, 0.05) is 11.4 Å². The lowest BCUT2D eigenvalue weighted by atomic mass is 10.3. The van der Waals surface area contributed by atoms with Crippen LogP contribution >= 0.6 is 34.9 Å². The minimum atomic E-state index is -0.0736. The average molecular weight is 382 g/mol. The van der Waals surface area contributed by atoms with E-state index in [1.165, 1.54) is 23.1 Å². The van der Waals surface area contributed by atoms with Crippen LogP contribution in [-0.4, -0.2) is 34.2 Å². The molecule has 8 heteroatoms. The Kier molecular flexibility index (Phi) is 7.61. The van der Waals surface area contributed by atoms with Crippen molar-refractivity contribution in [2.24, 2.45) is 0 Å². The van der Waals surface area contributed by atoms with Crippen LogP contribution in [0.1, 0.15) is 13.8 Å². The number of rotatable bonds is 9. The minimum absolute atomic E-state index is 0.0736. The number of anilines is 1. The SMILES string of the molecule is C=C(C)CSc1nnc(SCC(=O)Nc2ccc(OCC)cc2)s1. The maximum atomic E-state index is 12.0. The maximum absolute atomic E-state index is 12.0. The lowest BCUT2D eigenvalue weighted by Crippen LogP contribution is -2.13. The number of hydrogen-bond donors (Lipinski definition) is 1. The van der Waals surface area contributed by atoms with Crippen LogP contribution < -0.4 is 10.1 Å². The first-order valence-corrected chi connectivity index (χ1v) is 10.1. The molecule has 0 bridgehead atoms. The fraction of sp³-hybridized carbons (Fsp3) is 0.312. The number of benzene rings is 1. The van der Waals surface area contributed by atoms with Gasteiger partial charge in [-0.15, -0.1) is 10.2 Å². The van der Waals surface area contributed by atoms with Crippen LogP contribution in [0.5, 0.6) is 5.75 Å². The van der Waals surface area contributed by atoms with Crippen molar-refractivity contribution in [1.82, 2.24) is 10.2 Å². The second-order valence-electron chi connectivity index (χ2n) is 4.87. The van der Waals surface area contributed by atoms with E-state index in [-0.39, 0.29) is 5.91 Å². The van der Waals surface area contributed by atoms with Crippen molar-refractivity contribution in [3.63, 3.8) is 0 Å². The van der Waals surface area contributed by atoms with Gasteiger partial charge >= 0.3 is 0 Å². The van der Waals surface area contributed by atoms with Crippen LogP contribution in [0.15, 0.2) is 45.1 Å². The van der Waals surface area contributed by atoms with Crippen molar-refractivity contribution in [3.05, 3.63) is 36.4 Å². The summed E-state index contributed by atoms with van der Waals surface area (Å²) in [5.41, 5.74) is 1.85. The van der Waals surface area contributed by atoms with E-state index >= 15 is 0 Å². The highest BCUT2D eigenvalue weighted by Gasteiger charge is 2.09. The number of thioether (sulfide) groups is 2. The van der Waals surface area contributed by atoms with Crippen molar-refractivity contribution in [1.29, 1.82) is 0 Å². The Morgan fingerprint density at radius 1 is 1.21 bits per heavy atom. The second kappa shape index (κ2) is 9.71. The summed E-state index contributed by atoms with van der Waals surface area (Å²) in [4.78, 5) is 12.0. The summed E-state index contributed by atoms with van der Waals surface area (Å²) in [5.74, 6) is 1.85. The molecule has 24 heavy (non-hydrogen) atoms. The van der Waals surface area contributed by atoms with Gasteiger partial charge in [0.25, 0.3) is 0 Å². The minimum Gasteiger partial charge on any atom is -0.494 e. The van der Waals surface area contributed by atoms with Crippen LogP contribution in [0.4, 0.5) is 5.69 Å². The van der Waals surface area contributed by atoms with Crippen LogP contribution in [0.25, 0.3) is 0 Å². The third-order valence-corrected chi connectivity index (χ3v) is 6.03. The van der Waals surface area contributed by atoms with E-state index in [4.69, 9.17) is 4.74 Å². The number of carbonyl (C=O) groups excluding carboxylic acids is 1. The highest BCUT2D eigenvalue weighted by molar-refractivity contribution is 8.03. The van der Waals surface area contributed by atoms with E-state index in [1.807, 2.05) is 38.1 Å². The number of nitrogens with zero attached hydrogens (tertiary/aromatic N) is 2. The fourth-order valence-corrected chi connectivity index (χ4v) is 4.29. The predicted octanol–water partition coefficient (Wildman–Crippen LogP) is 4.34. The molecule has 1 aromatic carbocycles. The summed E-state index contributed by atoms with van der Waals surface area (Å²) in [6.45, 7) is 8.40. The summed E-state index contributed by atoms with van der Waals surface area (Å²) >= 11 is 4.49. The number of carbonyl (C=O) groups is 1. The molecule has 1 heterocycles. The van der Waals surface area contributed by atoms with Gasteiger partial charge in [-0.25, -0.2) is 0 Å². The third kappa shape index (κ3) is 6.54. The van der Waals surface area contributed by atoms with E-state index in [0.717, 1.165) is 31.4 Å². The molecule has 0 saturated carbocycles. The third-order valence-electron chi connectivity index (χ3n) is 2.61. The standard InChI is InChI=1S/C16H19N3O2S3/c1-4-21-13-7-5-12(6-8-13)17-14(20)10-23-16-19-18-15(24-16)22-9-11(2)3/h5-8H,2,4,9-10H2,1,3H3,(H,17,20). The van der Waals surface area contributed by atoms with Crippen LogP contribution in [0.3, 0.4) is 0 Å². The molecule has 1 amide bonds. The van der Waals surface area contributed by atoms with E-state index in [9.17, 15) is 4.79 Å². The molecule has 0 saturated heterocycles. The van der Waals surface area contributed by atoms with Gasteiger partial charge in [0.05, 0.1) is 12.4 Å². The Bertz CT molecular complexity index is 686. The molecule has 128 valence electrons. The Balaban J connectivity index is 1.77. The monoisotopic (exact) mass is 381 g/mol. The largest absolute Gasteiger partial charge is 0.494 e. The van der Waals surface area contributed by atoms with Gasteiger partial charge in [0.2, 0.25) is 5.91 Å². The predicted molar refractivity (Wildman–Crippen MR) is 102 cm³/mol. The second-order valence-corrected chi connectivity index (χ2v) is 8.30. The lowest BCUT2D eigenvalue weighted by Gasteiger charge is -2.06. The molecule has 0 aliphatic heterocycles. The Labute approximate surface area is 154 Å². The van der Waals surface area contributed by atoms with E-state index < -0.39 is 0 Å². The zero-order chi connectivity index (χ0) is 17.4. The van der Waals surface area contributed by atoms with Crippen LogP contribution in [0, 0.1) is 0 Å². The first-order valence-electron chi connectivity index (χ1n) is 7.33. The number of nitrogens with one attached hydrogen (secondary N) is 1. The highest BCUT2D eigenvalue weighted by atomic mass is 32.2. The Hall–Kier alpha value is -1.51. The number of amides is 1. The molecular weight excluding hydrogens is 362 g/mol. The molecular formula is C16H19N3O2S3.